The molecule has 4 aromatic carbocycles. The van der Waals surface area contributed by atoms with E-state index < -0.39 is 0 Å². The fourth-order valence-corrected chi connectivity index (χ4v) is 7.53. The summed E-state index contributed by atoms with van der Waals surface area (Å²) in [6.07, 6.45) is 13.1. The van der Waals surface area contributed by atoms with E-state index in [9.17, 15) is 20.4 Å². The Bertz CT molecular complexity index is 1310. The van der Waals surface area contributed by atoms with Crippen LogP contribution in [-0.2, 0) is 0 Å². The molecule has 220 valence electrons. The molecule has 4 nitrogen and oxygen atoms in total. The first kappa shape index (κ1) is 30.9. The van der Waals surface area contributed by atoms with Gasteiger partial charge in [0.25, 0.3) is 0 Å². The third-order valence-corrected chi connectivity index (χ3v) is 9.85. The van der Waals surface area contributed by atoms with Crippen LogP contribution in [0.4, 0.5) is 0 Å². The molecule has 0 bridgehead atoms. The summed E-state index contributed by atoms with van der Waals surface area (Å²) < 4.78 is 0. The normalized spacial score (nSPS) is 13.1. The van der Waals surface area contributed by atoms with Crippen LogP contribution in [0.3, 0.4) is 0 Å². The first-order valence-electron chi connectivity index (χ1n) is 15.5. The van der Waals surface area contributed by atoms with E-state index in [0.717, 1.165) is 49.7 Å². The molecule has 2 unspecified atom stereocenters. The van der Waals surface area contributed by atoms with Gasteiger partial charge in [-0.3, -0.25) is 0 Å². The highest BCUT2D eigenvalue weighted by Gasteiger charge is 2.27. The van der Waals surface area contributed by atoms with Gasteiger partial charge in [-0.1, -0.05) is 127 Å². The summed E-state index contributed by atoms with van der Waals surface area (Å²) in [5.41, 5.74) is 1.48. The Kier molecular flexibility index (Phi) is 11.5. The molecular weight excluding hydrogens is 528 g/mol. The number of fused-ring (bicyclic) bond motifs is 2. The van der Waals surface area contributed by atoms with Crippen LogP contribution in [0.15, 0.2) is 60.7 Å². The van der Waals surface area contributed by atoms with Crippen molar-refractivity contribution in [1.29, 1.82) is 0 Å². The van der Waals surface area contributed by atoms with E-state index in [-0.39, 0.29) is 33.5 Å². The second kappa shape index (κ2) is 15.3. The van der Waals surface area contributed by atoms with Crippen molar-refractivity contribution in [2.24, 2.45) is 0 Å². The quantitative estimate of drug-likeness (QED) is 0.0790. The number of phenols is 4. The van der Waals surface area contributed by atoms with Crippen LogP contribution in [0, 0.1) is 0 Å². The van der Waals surface area contributed by atoms with E-state index >= 15 is 0 Å². The Balaban J connectivity index is 1.73. The molecule has 0 radical (unpaired) electrons. The minimum Gasteiger partial charge on any atom is -0.507 e. The van der Waals surface area contributed by atoms with Crippen LogP contribution in [0.5, 0.6) is 23.0 Å². The van der Waals surface area contributed by atoms with Crippen molar-refractivity contribution in [3.63, 3.8) is 0 Å². The molecule has 0 spiro atoms. The minimum atomic E-state index is -0.0826. The summed E-state index contributed by atoms with van der Waals surface area (Å²) in [5.74, 6) is 0.785. The van der Waals surface area contributed by atoms with Crippen molar-refractivity contribution in [2.45, 2.75) is 101 Å². The average molecular weight is 575 g/mol. The van der Waals surface area contributed by atoms with Gasteiger partial charge in [0, 0.05) is 43.2 Å². The predicted molar refractivity (Wildman–Crippen MR) is 174 cm³/mol. The molecule has 4 aromatic rings. The summed E-state index contributed by atoms with van der Waals surface area (Å²) in [5, 5.41) is 47.3. The van der Waals surface area contributed by atoms with E-state index in [0.29, 0.717) is 21.5 Å². The second-order valence-electron chi connectivity index (χ2n) is 11.3. The standard InChI is InChI=1S/C36H46O4S/c1-3-5-7-9-11-21-33(29-23-31(37)25-17-13-15-19-27(25)35(29)39)41-34(22-12-10-8-6-4-2)30-24-32(38)26-18-14-16-20-28(26)36(30)40/h13-20,23-24,33-34,37-40H,3-12,21-22H2,1-2H3. The van der Waals surface area contributed by atoms with Gasteiger partial charge in [0.2, 0.25) is 0 Å². The number of phenolic OH excluding ortho intramolecular Hbond substituents is 4. The number of hydrogen-bond acceptors (Lipinski definition) is 5. The van der Waals surface area contributed by atoms with Gasteiger partial charge in [0.05, 0.1) is 0 Å². The molecule has 0 amide bonds. The summed E-state index contributed by atoms with van der Waals surface area (Å²) >= 11 is 1.74. The number of thioether (sulfide) groups is 1. The summed E-state index contributed by atoms with van der Waals surface area (Å²) in [6.45, 7) is 4.43. The monoisotopic (exact) mass is 574 g/mol. The summed E-state index contributed by atoms with van der Waals surface area (Å²) in [6, 6.07) is 18.3. The van der Waals surface area contributed by atoms with Crippen molar-refractivity contribution < 1.29 is 20.4 Å². The lowest BCUT2D eigenvalue weighted by Gasteiger charge is -2.27. The molecule has 0 saturated carbocycles. The van der Waals surface area contributed by atoms with Gasteiger partial charge >= 0.3 is 0 Å². The molecule has 5 heteroatoms. The van der Waals surface area contributed by atoms with Gasteiger partial charge < -0.3 is 20.4 Å². The van der Waals surface area contributed by atoms with Crippen molar-refractivity contribution in [3.05, 3.63) is 71.8 Å². The highest BCUT2D eigenvalue weighted by molar-refractivity contribution is 7.99. The van der Waals surface area contributed by atoms with Crippen molar-refractivity contribution in [1.82, 2.24) is 0 Å². The largest absolute Gasteiger partial charge is 0.507 e. The van der Waals surface area contributed by atoms with Crippen molar-refractivity contribution in [3.8, 4) is 23.0 Å². The lowest BCUT2D eigenvalue weighted by molar-refractivity contribution is 0.459. The highest BCUT2D eigenvalue weighted by Crippen LogP contribution is 2.53. The third-order valence-electron chi connectivity index (χ3n) is 8.21. The van der Waals surface area contributed by atoms with Crippen LogP contribution in [0.1, 0.15) is 113 Å². The van der Waals surface area contributed by atoms with Gasteiger partial charge in [-0.25, -0.2) is 0 Å². The van der Waals surface area contributed by atoms with Gasteiger partial charge in [-0.15, -0.1) is 11.8 Å². The van der Waals surface area contributed by atoms with E-state index in [2.05, 4.69) is 13.8 Å². The summed E-state index contributed by atoms with van der Waals surface area (Å²) in [7, 11) is 0. The fourth-order valence-electron chi connectivity index (χ4n) is 5.87. The van der Waals surface area contributed by atoms with Crippen LogP contribution in [0.2, 0.25) is 0 Å². The van der Waals surface area contributed by atoms with Gasteiger partial charge in [0.15, 0.2) is 0 Å². The fraction of sp³-hybridized carbons (Fsp3) is 0.444. The maximum atomic E-state index is 11.5. The molecular formula is C36H46O4S. The number of hydrogen-bond donors (Lipinski definition) is 4. The Labute approximate surface area is 249 Å². The van der Waals surface area contributed by atoms with E-state index in [1.165, 1.54) is 38.5 Å². The Morgan fingerprint density at radius 3 is 1.27 bits per heavy atom. The molecule has 4 N–H and O–H groups in total. The SMILES string of the molecule is CCCCCCCC(SC(CCCCCCC)c1cc(O)c2ccccc2c1O)c1cc(O)c2ccccc2c1O. The lowest BCUT2D eigenvalue weighted by Crippen LogP contribution is -2.03. The van der Waals surface area contributed by atoms with Crippen molar-refractivity contribution >= 4 is 33.3 Å². The van der Waals surface area contributed by atoms with Crippen LogP contribution < -0.4 is 0 Å². The zero-order valence-corrected chi connectivity index (χ0v) is 25.4. The van der Waals surface area contributed by atoms with E-state index in [1.807, 2.05) is 48.5 Å². The zero-order valence-electron chi connectivity index (χ0n) is 24.6. The zero-order chi connectivity index (χ0) is 29.2. The number of rotatable bonds is 16. The first-order valence-corrected chi connectivity index (χ1v) is 16.4. The Morgan fingerprint density at radius 2 is 0.878 bits per heavy atom. The average Bonchev–Trinajstić information content (AvgIpc) is 2.99. The predicted octanol–water partition coefficient (Wildman–Crippen LogP) is 11.1. The molecule has 0 aliphatic rings. The van der Waals surface area contributed by atoms with Gasteiger partial charge in [0.1, 0.15) is 23.0 Å². The Morgan fingerprint density at radius 1 is 0.512 bits per heavy atom. The van der Waals surface area contributed by atoms with Gasteiger partial charge in [-0.2, -0.15) is 0 Å². The Hall–Kier alpha value is -3.05. The first-order chi connectivity index (χ1) is 20.0. The minimum absolute atomic E-state index is 0.0826. The molecule has 0 aliphatic heterocycles. The van der Waals surface area contributed by atoms with Crippen molar-refractivity contribution in [2.75, 3.05) is 0 Å². The van der Waals surface area contributed by atoms with Crippen LogP contribution >= 0.6 is 11.8 Å². The maximum Gasteiger partial charge on any atom is 0.127 e. The molecule has 2 atom stereocenters. The second-order valence-corrected chi connectivity index (χ2v) is 12.7. The number of benzene rings is 4. The molecule has 0 aromatic heterocycles. The van der Waals surface area contributed by atoms with E-state index in [1.54, 1.807) is 23.9 Å². The lowest BCUT2D eigenvalue weighted by atomic mass is 9.98. The number of unbranched alkanes of at least 4 members (excludes halogenated alkanes) is 8. The molecule has 0 aliphatic carbocycles. The molecule has 0 saturated heterocycles. The topological polar surface area (TPSA) is 80.9 Å². The molecule has 0 heterocycles. The summed E-state index contributed by atoms with van der Waals surface area (Å²) in [4.78, 5) is 0. The van der Waals surface area contributed by atoms with Crippen LogP contribution in [-0.4, -0.2) is 20.4 Å². The van der Waals surface area contributed by atoms with E-state index in [4.69, 9.17) is 0 Å². The maximum absolute atomic E-state index is 11.5. The number of aromatic hydroxyl groups is 4. The molecule has 41 heavy (non-hydrogen) atoms. The van der Waals surface area contributed by atoms with Crippen LogP contribution in [0.25, 0.3) is 21.5 Å². The molecule has 4 rings (SSSR count). The smallest absolute Gasteiger partial charge is 0.127 e. The van der Waals surface area contributed by atoms with Gasteiger partial charge in [-0.05, 0) is 25.0 Å². The molecule has 0 fully saturated rings. The third kappa shape index (κ3) is 7.62. The highest BCUT2D eigenvalue weighted by atomic mass is 32.2.